The van der Waals surface area contributed by atoms with E-state index in [4.69, 9.17) is 0 Å². The molecule has 7 heteroatoms. The molecule has 0 radical (unpaired) electrons. The van der Waals surface area contributed by atoms with E-state index in [1.165, 1.54) is 11.6 Å². The SMILES string of the molecule is CCc1ccc(NC(=O)[C@H](N=C2NS(=O)(=O)c3ccccc32)C(C)C)cc1. The van der Waals surface area contributed by atoms with E-state index in [1.54, 1.807) is 18.2 Å². The molecule has 27 heavy (non-hydrogen) atoms. The summed E-state index contributed by atoms with van der Waals surface area (Å²) in [5, 5.41) is 2.87. The summed E-state index contributed by atoms with van der Waals surface area (Å²) in [5.41, 5.74) is 2.37. The Morgan fingerprint density at radius 3 is 2.41 bits per heavy atom. The molecule has 0 saturated heterocycles. The highest BCUT2D eigenvalue weighted by Gasteiger charge is 2.32. The van der Waals surface area contributed by atoms with Crippen LogP contribution in [0.5, 0.6) is 0 Å². The number of hydrogen-bond donors (Lipinski definition) is 2. The largest absolute Gasteiger partial charge is 0.324 e. The van der Waals surface area contributed by atoms with Crippen LogP contribution in [0.4, 0.5) is 5.69 Å². The molecule has 0 unspecified atom stereocenters. The van der Waals surface area contributed by atoms with Crippen LogP contribution in [0.25, 0.3) is 0 Å². The van der Waals surface area contributed by atoms with Crippen LogP contribution < -0.4 is 10.0 Å². The maximum atomic E-state index is 12.8. The molecule has 2 aromatic rings. The summed E-state index contributed by atoms with van der Waals surface area (Å²) in [6.07, 6.45) is 0.927. The van der Waals surface area contributed by atoms with Gasteiger partial charge in [0.15, 0.2) is 0 Å². The lowest BCUT2D eigenvalue weighted by molar-refractivity contribution is -0.118. The molecule has 3 rings (SSSR count). The zero-order valence-electron chi connectivity index (χ0n) is 15.6. The van der Waals surface area contributed by atoms with E-state index in [0.717, 1.165) is 6.42 Å². The lowest BCUT2D eigenvalue weighted by Gasteiger charge is -2.17. The Bertz CT molecular complexity index is 980. The van der Waals surface area contributed by atoms with Gasteiger partial charge in [0.2, 0.25) is 5.91 Å². The zero-order chi connectivity index (χ0) is 19.6. The number of carbonyl (C=O) groups is 1. The number of amidine groups is 1. The number of amides is 1. The highest BCUT2D eigenvalue weighted by atomic mass is 32.2. The number of nitrogens with zero attached hydrogens (tertiary/aromatic N) is 1. The molecule has 0 fully saturated rings. The number of aryl methyl sites for hydroxylation is 1. The Hall–Kier alpha value is -2.67. The number of benzene rings is 2. The lowest BCUT2D eigenvalue weighted by atomic mass is 10.0. The molecular weight excluding hydrogens is 362 g/mol. The number of nitrogens with one attached hydrogen (secondary N) is 2. The van der Waals surface area contributed by atoms with Gasteiger partial charge in [0.05, 0.1) is 4.90 Å². The van der Waals surface area contributed by atoms with Crippen LogP contribution in [-0.2, 0) is 21.2 Å². The fourth-order valence-corrected chi connectivity index (χ4v) is 4.16. The van der Waals surface area contributed by atoms with E-state index in [-0.39, 0.29) is 22.6 Å². The summed E-state index contributed by atoms with van der Waals surface area (Å²) >= 11 is 0. The van der Waals surface area contributed by atoms with Crippen LogP contribution >= 0.6 is 0 Å². The lowest BCUT2D eigenvalue weighted by Crippen LogP contribution is -2.34. The number of anilines is 1. The average Bonchev–Trinajstić information content (AvgIpc) is 2.90. The van der Waals surface area contributed by atoms with E-state index in [1.807, 2.05) is 38.1 Å². The molecule has 1 amide bonds. The Balaban J connectivity index is 1.88. The summed E-state index contributed by atoms with van der Waals surface area (Å²) in [7, 11) is -3.63. The third-order valence-corrected chi connectivity index (χ3v) is 5.86. The van der Waals surface area contributed by atoms with Crippen molar-refractivity contribution in [3.05, 3.63) is 59.7 Å². The van der Waals surface area contributed by atoms with Gasteiger partial charge in [0.1, 0.15) is 11.9 Å². The predicted octanol–water partition coefficient (Wildman–Crippen LogP) is 2.95. The molecule has 6 nitrogen and oxygen atoms in total. The van der Waals surface area contributed by atoms with Crippen molar-refractivity contribution in [1.29, 1.82) is 0 Å². The summed E-state index contributed by atoms with van der Waals surface area (Å²) in [6.45, 7) is 5.83. The van der Waals surface area contributed by atoms with E-state index >= 15 is 0 Å². The second-order valence-electron chi connectivity index (χ2n) is 6.81. The van der Waals surface area contributed by atoms with E-state index in [0.29, 0.717) is 11.3 Å². The first-order chi connectivity index (χ1) is 12.8. The maximum absolute atomic E-state index is 12.8. The Labute approximate surface area is 159 Å². The Morgan fingerprint density at radius 1 is 1.11 bits per heavy atom. The van der Waals surface area contributed by atoms with Crippen LogP contribution in [0, 0.1) is 5.92 Å². The van der Waals surface area contributed by atoms with Gasteiger partial charge in [0, 0.05) is 11.3 Å². The van der Waals surface area contributed by atoms with Crippen molar-refractivity contribution in [3.63, 3.8) is 0 Å². The summed E-state index contributed by atoms with van der Waals surface area (Å²) in [4.78, 5) is 17.4. The van der Waals surface area contributed by atoms with Gasteiger partial charge >= 0.3 is 0 Å². The fourth-order valence-electron chi connectivity index (χ4n) is 2.92. The van der Waals surface area contributed by atoms with E-state index in [9.17, 15) is 13.2 Å². The molecule has 1 aliphatic heterocycles. The van der Waals surface area contributed by atoms with Gasteiger partial charge in [-0.1, -0.05) is 45.0 Å². The number of hydrogen-bond acceptors (Lipinski definition) is 4. The van der Waals surface area contributed by atoms with Crippen molar-refractivity contribution in [1.82, 2.24) is 4.72 Å². The summed E-state index contributed by atoms with van der Waals surface area (Å²) in [6, 6.07) is 13.5. The fraction of sp³-hybridized carbons (Fsp3) is 0.300. The van der Waals surface area contributed by atoms with Gasteiger partial charge < -0.3 is 5.32 Å². The van der Waals surface area contributed by atoms with Crippen LogP contribution in [0.3, 0.4) is 0 Å². The van der Waals surface area contributed by atoms with Gasteiger partial charge in [-0.25, -0.2) is 8.42 Å². The maximum Gasteiger partial charge on any atom is 0.263 e. The van der Waals surface area contributed by atoms with Gasteiger partial charge in [-0.05, 0) is 42.2 Å². The number of sulfonamides is 1. The van der Waals surface area contributed by atoms with Gasteiger partial charge in [-0.15, -0.1) is 0 Å². The molecule has 1 aliphatic rings. The monoisotopic (exact) mass is 385 g/mol. The first kappa shape index (κ1) is 19.1. The second-order valence-corrected chi connectivity index (χ2v) is 8.46. The second kappa shape index (κ2) is 7.52. The first-order valence-corrected chi connectivity index (χ1v) is 10.4. The quantitative estimate of drug-likeness (QED) is 0.829. The van der Waals surface area contributed by atoms with Crippen molar-refractivity contribution in [2.45, 2.75) is 38.1 Å². The molecule has 2 N–H and O–H groups in total. The molecule has 0 aromatic heterocycles. The summed E-state index contributed by atoms with van der Waals surface area (Å²) < 4.78 is 26.9. The minimum atomic E-state index is -3.63. The van der Waals surface area contributed by atoms with E-state index in [2.05, 4.69) is 22.0 Å². The average molecular weight is 385 g/mol. The normalized spacial score (nSPS) is 17.4. The van der Waals surface area contributed by atoms with Crippen molar-refractivity contribution >= 4 is 27.5 Å². The van der Waals surface area contributed by atoms with Gasteiger partial charge in [-0.2, -0.15) is 0 Å². The zero-order valence-corrected chi connectivity index (χ0v) is 16.4. The molecule has 2 aromatic carbocycles. The third kappa shape index (κ3) is 4.03. The van der Waals surface area contributed by atoms with Crippen LogP contribution in [-0.4, -0.2) is 26.2 Å². The smallest absolute Gasteiger partial charge is 0.263 e. The molecular formula is C20H23N3O3S. The Kier molecular flexibility index (Phi) is 5.32. The topological polar surface area (TPSA) is 87.6 Å². The van der Waals surface area contributed by atoms with Crippen molar-refractivity contribution in [2.24, 2.45) is 10.9 Å². The molecule has 1 atom stereocenters. The van der Waals surface area contributed by atoms with Crippen LogP contribution in [0.1, 0.15) is 31.9 Å². The molecule has 0 spiro atoms. The number of fused-ring (bicyclic) bond motifs is 1. The van der Waals surface area contributed by atoms with E-state index < -0.39 is 16.1 Å². The highest BCUT2D eigenvalue weighted by Crippen LogP contribution is 2.24. The Morgan fingerprint density at radius 2 is 1.78 bits per heavy atom. The van der Waals surface area contributed by atoms with Gasteiger partial charge in [-0.3, -0.25) is 14.5 Å². The van der Waals surface area contributed by atoms with Crippen LogP contribution in [0.15, 0.2) is 58.4 Å². The van der Waals surface area contributed by atoms with Crippen molar-refractivity contribution in [2.75, 3.05) is 5.32 Å². The van der Waals surface area contributed by atoms with Crippen molar-refractivity contribution in [3.8, 4) is 0 Å². The van der Waals surface area contributed by atoms with Crippen molar-refractivity contribution < 1.29 is 13.2 Å². The summed E-state index contributed by atoms with van der Waals surface area (Å²) in [5.74, 6) is -0.171. The number of rotatable bonds is 5. The number of aliphatic imine (C=N–C) groups is 1. The molecule has 142 valence electrons. The predicted molar refractivity (Wildman–Crippen MR) is 106 cm³/mol. The molecule has 0 aliphatic carbocycles. The minimum absolute atomic E-state index is 0.107. The minimum Gasteiger partial charge on any atom is -0.324 e. The molecule has 1 heterocycles. The molecule has 0 saturated carbocycles. The highest BCUT2D eigenvalue weighted by molar-refractivity contribution is 7.90. The van der Waals surface area contributed by atoms with Crippen LogP contribution in [0.2, 0.25) is 0 Å². The standard InChI is InChI=1S/C20H23N3O3S/c1-4-14-9-11-15(12-10-14)21-20(24)18(13(2)3)22-19-16-7-5-6-8-17(16)27(25,26)23-19/h5-13,18H,4H2,1-3H3,(H,21,24)(H,22,23)/t18-/m1/s1. The third-order valence-electron chi connectivity index (χ3n) is 4.46. The molecule has 0 bridgehead atoms. The first-order valence-electron chi connectivity index (χ1n) is 8.91. The van der Waals surface area contributed by atoms with Gasteiger partial charge in [0.25, 0.3) is 10.0 Å². The number of carbonyl (C=O) groups excluding carboxylic acids is 1.